The van der Waals surface area contributed by atoms with Crippen molar-refractivity contribution in [1.82, 2.24) is 5.32 Å². The zero-order valence-corrected chi connectivity index (χ0v) is 18.9. The standard InChI is InChI=1S/C24H25FN2O4S/c1-17-4-11-21(12-5-17)32(29,30)27(22-14-18(2)6-13-23(22)31-3)16-24(28)26-15-19-7-9-20(25)10-8-19/h4-14H,15-16H2,1-3H3,(H,26,28). The number of nitrogens with zero attached hydrogens (tertiary/aromatic N) is 1. The molecule has 3 aromatic rings. The van der Waals surface area contributed by atoms with Crippen molar-refractivity contribution >= 4 is 21.6 Å². The minimum Gasteiger partial charge on any atom is -0.495 e. The van der Waals surface area contributed by atoms with Crippen LogP contribution in [0.15, 0.2) is 71.6 Å². The van der Waals surface area contributed by atoms with Crippen LogP contribution in [0.5, 0.6) is 5.75 Å². The second-order valence-corrected chi connectivity index (χ2v) is 9.27. The molecule has 6 nitrogen and oxygen atoms in total. The van der Waals surface area contributed by atoms with Crippen LogP contribution in [0.4, 0.5) is 10.1 Å². The molecule has 0 aliphatic carbocycles. The molecule has 0 saturated heterocycles. The number of anilines is 1. The van der Waals surface area contributed by atoms with Gasteiger partial charge in [0.2, 0.25) is 5.91 Å². The fraction of sp³-hybridized carbons (Fsp3) is 0.208. The summed E-state index contributed by atoms with van der Waals surface area (Å²) in [6, 6.07) is 17.3. The average Bonchev–Trinajstić information content (AvgIpc) is 2.77. The van der Waals surface area contributed by atoms with Crippen molar-refractivity contribution in [2.24, 2.45) is 0 Å². The summed E-state index contributed by atoms with van der Waals surface area (Å²) in [7, 11) is -2.62. The molecular weight excluding hydrogens is 431 g/mol. The smallest absolute Gasteiger partial charge is 0.264 e. The maximum atomic E-state index is 13.5. The Labute approximate surface area is 187 Å². The summed E-state index contributed by atoms with van der Waals surface area (Å²) in [6.07, 6.45) is 0. The molecule has 0 saturated carbocycles. The first-order valence-electron chi connectivity index (χ1n) is 9.96. The number of nitrogens with one attached hydrogen (secondary N) is 1. The molecule has 0 aliphatic heterocycles. The monoisotopic (exact) mass is 456 g/mol. The van der Waals surface area contributed by atoms with E-state index in [1.807, 2.05) is 13.8 Å². The molecule has 3 aromatic carbocycles. The number of carbonyl (C=O) groups excluding carboxylic acids is 1. The van der Waals surface area contributed by atoms with Gasteiger partial charge in [0.15, 0.2) is 0 Å². The van der Waals surface area contributed by atoms with Crippen LogP contribution in [0.25, 0.3) is 0 Å². The number of benzene rings is 3. The van der Waals surface area contributed by atoms with Crippen molar-refractivity contribution in [2.45, 2.75) is 25.3 Å². The number of rotatable bonds is 8. The van der Waals surface area contributed by atoms with E-state index in [1.54, 1.807) is 42.5 Å². The first-order chi connectivity index (χ1) is 15.2. The van der Waals surface area contributed by atoms with Crippen molar-refractivity contribution in [3.05, 3.63) is 89.2 Å². The molecule has 32 heavy (non-hydrogen) atoms. The van der Waals surface area contributed by atoms with Crippen LogP contribution in [-0.4, -0.2) is 28.0 Å². The average molecular weight is 457 g/mol. The summed E-state index contributed by atoms with van der Waals surface area (Å²) < 4.78 is 46.6. The van der Waals surface area contributed by atoms with Gasteiger partial charge in [-0.2, -0.15) is 0 Å². The lowest BCUT2D eigenvalue weighted by Crippen LogP contribution is -2.41. The molecule has 0 atom stereocenters. The van der Waals surface area contributed by atoms with Gasteiger partial charge in [-0.1, -0.05) is 35.9 Å². The Bertz CT molecular complexity index is 1190. The molecule has 0 fully saturated rings. The summed E-state index contributed by atoms with van der Waals surface area (Å²) in [5, 5.41) is 2.70. The van der Waals surface area contributed by atoms with Gasteiger partial charge in [-0.05, 0) is 61.4 Å². The van der Waals surface area contributed by atoms with Gasteiger partial charge in [0.25, 0.3) is 10.0 Å². The topological polar surface area (TPSA) is 75.7 Å². The summed E-state index contributed by atoms with van der Waals surface area (Å²) in [4.78, 5) is 12.8. The highest BCUT2D eigenvalue weighted by Crippen LogP contribution is 2.33. The highest BCUT2D eigenvalue weighted by atomic mass is 32.2. The summed E-state index contributed by atoms with van der Waals surface area (Å²) in [5.74, 6) is -0.548. The first-order valence-corrected chi connectivity index (χ1v) is 11.4. The third-order valence-corrected chi connectivity index (χ3v) is 6.68. The van der Waals surface area contributed by atoms with Crippen LogP contribution in [0, 0.1) is 19.7 Å². The Hall–Kier alpha value is -3.39. The van der Waals surface area contributed by atoms with Crippen LogP contribution < -0.4 is 14.4 Å². The number of halogens is 1. The van der Waals surface area contributed by atoms with E-state index in [9.17, 15) is 17.6 Å². The second-order valence-electron chi connectivity index (χ2n) is 7.40. The van der Waals surface area contributed by atoms with Crippen LogP contribution in [0.2, 0.25) is 0 Å². The molecule has 1 amide bonds. The van der Waals surface area contributed by atoms with Gasteiger partial charge in [-0.3, -0.25) is 9.10 Å². The molecule has 168 valence electrons. The lowest BCUT2D eigenvalue weighted by molar-refractivity contribution is -0.119. The Morgan fingerprint density at radius 1 is 0.969 bits per heavy atom. The Morgan fingerprint density at radius 2 is 1.59 bits per heavy atom. The molecule has 0 aromatic heterocycles. The second kappa shape index (κ2) is 9.82. The number of ether oxygens (including phenoxy) is 1. The predicted molar refractivity (Wildman–Crippen MR) is 122 cm³/mol. The van der Waals surface area contributed by atoms with Crippen LogP contribution in [-0.2, 0) is 21.4 Å². The predicted octanol–water partition coefficient (Wildman–Crippen LogP) is 3.96. The van der Waals surface area contributed by atoms with Gasteiger partial charge in [0.05, 0.1) is 17.7 Å². The normalized spacial score (nSPS) is 11.1. The molecule has 8 heteroatoms. The van der Waals surface area contributed by atoms with E-state index >= 15 is 0 Å². The number of carbonyl (C=O) groups is 1. The van der Waals surface area contributed by atoms with E-state index in [2.05, 4.69) is 5.32 Å². The van der Waals surface area contributed by atoms with Gasteiger partial charge in [-0.25, -0.2) is 12.8 Å². The van der Waals surface area contributed by atoms with E-state index < -0.39 is 22.5 Å². The lowest BCUT2D eigenvalue weighted by atomic mass is 10.2. The van der Waals surface area contributed by atoms with Crippen LogP contribution in [0.1, 0.15) is 16.7 Å². The Balaban J connectivity index is 1.93. The minimum absolute atomic E-state index is 0.0676. The number of amides is 1. The Morgan fingerprint density at radius 3 is 2.22 bits per heavy atom. The molecule has 0 aliphatic rings. The van der Waals surface area contributed by atoms with E-state index in [1.165, 1.54) is 31.4 Å². The van der Waals surface area contributed by atoms with E-state index in [-0.39, 0.29) is 22.9 Å². The van der Waals surface area contributed by atoms with Crippen LogP contribution >= 0.6 is 0 Å². The van der Waals surface area contributed by atoms with Gasteiger partial charge in [0.1, 0.15) is 18.1 Å². The molecule has 1 N–H and O–H groups in total. The fourth-order valence-corrected chi connectivity index (χ4v) is 4.54. The van der Waals surface area contributed by atoms with Crippen molar-refractivity contribution < 1.29 is 22.3 Å². The third kappa shape index (κ3) is 5.45. The molecule has 0 unspecified atom stereocenters. The maximum absolute atomic E-state index is 13.5. The number of methoxy groups -OCH3 is 1. The highest BCUT2D eigenvalue weighted by Gasteiger charge is 2.29. The van der Waals surface area contributed by atoms with Crippen LogP contribution in [0.3, 0.4) is 0 Å². The number of sulfonamides is 1. The lowest BCUT2D eigenvalue weighted by Gasteiger charge is -2.26. The largest absolute Gasteiger partial charge is 0.495 e. The van der Waals surface area contributed by atoms with Gasteiger partial charge in [-0.15, -0.1) is 0 Å². The summed E-state index contributed by atoms with van der Waals surface area (Å²) >= 11 is 0. The number of hydrogen-bond donors (Lipinski definition) is 1. The molecule has 3 rings (SSSR count). The van der Waals surface area contributed by atoms with Crippen molar-refractivity contribution in [3.8, 4) is 5.75 Å². The summed E-state index contributed by atoms with van der Waals surface area (Å²) in [6.45, 7) is 3.38. The summed E-state index contributed by atoms with van der Waals surface area (Å²) in [5.41, 5.74) is 2.70. The van der Waals surface area contributed by atoms with E-state index in [0.717, 1.165) is 15.4 Å². The zero-order chi connectivity index (χ0) is 23.3. The number of aryl methyl sites for hydroxylation is 2. The molecule has 0 bridgehead atoms. The van der Waals surface area contributed by atoms with Gasteiger partial charge < -0.3 is 10.1 Å². The first kappa shape index (κ1) is 23.3. The third-order valence-electron chi connectivity index (χ3n) is 4.90. The fourth-order valence-electron chi connectivity index (χ4n) is 3.12. The Kier molecular flexibility index (Phi) is 7.15. The molecule has 0 heterocycles. The van der Waals surface area contributed by atoms with Crippen molar-refractivity contribution in [1.29, 1.82) is 0 Å². The van der Waals surface area contributed by atoms with Gasteiger partial charge in [0, 0.05) is 6.54 Å². The number of hydrogen-bond acceptors (Lipinski definition) is 4. The maximum Gasteiger partial charge on any atom is 0.264 e. The van der Waals surface area contributed by atoms with Gasteiger partial charge >= 0.3 is 0 Å². The SMILES string of the molecule is COc1ccc(C)cc1N(CC(=O)NCc1ccc(F)cc1)S(=O)(=O)c1ccc(C)cc1. The minimum atomic E-state index is -4.06. The molecule has 0 spiro atoms. The van der Waals surface area contributed by atoms with E-state index in [4.69, 9.17) is 4.74 Å². The quantitative estimate of drug-likeness (QED) is 0.557. The molecular formula is C24H25FN2O4S. The zero-order valence-electron chi connectivity index (χ0n) is 18.1. The molecule has 0 radical (unpaired) electrons. The van der Waals surface area contributed by atoms with Crippen molar-refractivity contribution in [3.63, 3.8) is 0 Å². The van der Waals surface area contributed by atoms with Crippen molar-refractivity contribution in [2.75, 3.05) is 18.0 Å². The highest BCUT2D eigenvalue weighted by molar-refractivity contribution is 7.92. The van der Waals surface area contributed by atoms with E-state index in [0.29, 0.717) is 11.3 Å².